The van der Waals surface area contributed by atoms with Crippen LogP contribution in [0.2, 0.25) is 0 Å². The molecule has 1 aliphatic carbocycles. The molecule has 1 aromatic carbocycles. The first-order valence-corrected chi connectivity index (χ1v) is 9.25. The van der Waals surface area contributed by atoms with Crippen LogP contribution in [-0.4, -0.2) is 35.6 Å². The van der Waals surface area contributed by atoms with Crippen molar-refractivity contribution in [3.05, 3.63) is 51.5 Å². The summed E-state index contributed by atoms with van der Waals surface area (Å²) in [6, 6.07) is 8.49. The zero-order chi connectivity index (χ0) is 16.5. The molecule has 2 heterocycles. The summed E-state index contributed by atoms with van der Waals surface area (Å²) in [7, 11) is 0. The van der Waals surface area contributed by atoms with Crippen LogP contribution in [0.25, 0.3) is 0 Å². The molecule has 1 fully saturated rings. The Bertz CT molecular complexity index is 745. The van der Waals surface area contributed by atoms with Crippen LogP contribution in [0.15, 0.2) is 29.6 Å². The number of hydrogen-bond acceptors (Lipinski definition) is 4. The van der Waals surface area contributed by atoms with E-state index in [-0.39, 0.29) is 18.2 Å². The van der Waals surface area contributed by atoms with Gasteiger partial charge in [0.15, 0.2) is 0 Å². The fraction of sp³-hybridized carbons (Fsp3) is 0.444. The van der Waals surface area contributed by atoms with Gasteiger partial charge in [-0.3, -0.25) is 0 Å². The van der Waals surface area contributed by atoms with E-state index in [4.69, 9.17) is 4.74 Å². The SMILES string of the molecule is Cc1csc([C@H]2CN(C(=O)N[C@H]3CCc4ccccc43)CCO2)n1. The van der Waals surface area contributed by atoms with Crippen LogP contribution in [0.3, 0.4) is 0 Å². The molecule has 2 amide bonds. The first-order valence-electron chi connectivity index (χ1n) is 8.37. The molecule has 126 valence electrons. The highest BCUT2D eigenvalue weighted by molar-refractivity contribution is 7.09. The van der Waals surface area contributed by atoms with Crippen molar-refractivity contribution in [1.29, 1.82) is 0 Å². The van der Waals surface area contributed by atoms with Gasteiger partial charge >= 0.3 is 6.03 Å². The Morgan fingerprint density at radius 1 is 1.42 bits per heavy atom. The van der Waals surface area contributed by atoms with E-state index in [0.717, 1.165) is 23.5 Å². The zero-order valence-corrected chi connectivity index (χ0v) is 14.5. The number of hydrogen-bond donors (Lipinski definition) is 1. The summed E-state index contributed by atoms with van der Waals surface area (Å²) in [5.41, 5.74) is 3.61. The maximum Gasteiger partial charge on any atom is 0.318 e. The minimum atomic E-state index is -0.112. The van der Waals surface area contributed by atoms with E-state index in [0.29, 0.717) is 19.7 Å². The monoisotopic (exact) mass is 343 g/mol. The van der Waals surface area contributed by atoms with Gasteiger partial charge in [0, 0.05) is 17.6 Å². The van der Waals surface area contributed by atoms with E-state index >= 15 is 0 Å². The van der Waals surface area contributed by atoms with Gasteiger partial charge in [-0.25, -0.2) is 9.78 Å². The lowest BCUT2D eigenvalue weighted by molar-refractivity contribution is -0.0159. The lowest BCUT2D eigenvalue weighted by Crippen LogP contribution is -2.47. The van der Waals surface area contributed by atoms with E-state index in [9.17, 15) is 4.79 Å². The third kappa shape index (κ3) is 3.03. The number of rotatable bonds is 2. The molecule has 0 spiro atoms. The normalized spacial score (nSPS) is 23.1. The molecule has 2 aliphatic rings. The molecule has 0 bridgehead atoms. The summed E-state index contributed by atoms with van der Waals surface area (Å²) in [5.74, 6) is 0. The number of ether oxygens (including phenoxy) is 1. The van der Waals surface area contributed by atoms with Gasteiger partial charge < -0.3 is 15.0 Å². The highest BCUT2D eigenvalue weighted by Crippen LogP contribution is 2.31. The second-order valence-electron chi connectivity index (χ2n) is 6.37. The quantitative estimate of drug-likeness (QED) is 0.911. The molecule has 2 aromatic rings. The number of thiazole rings is 1. The summed E-state index contributed by atoms with van der Waals surface area (Å²) >= 11 is 1.60. The van der Waals surface area contributed by atoms with Crippen LogP contribution in [0.5, 0.6) is 0 Å². The third-order valence-electron chi connectivity index (χ3n) is 4.70. The summed E-state index contributed by atoms with van der Waals surface area (Å²) < 4.78 is 5.81. The topological polar surface area (TPSA) is 54.5 Å². The molecule has 0 radical (unpaired) electrons. The van der Waals surface area contributed by atoms with Crippen LogP contribution in [0.4, 0.5) is 4.79 Å². The van der Waals surface area contributed by atoms with Crippen molar-refractivity contribution >= 4 is 17.4 Å². The van der Waals surface area contributed by atoms with Gasteiger partial charge in [-0.15, -0.1) is 11.3 Å². The van der Waals surface area contributed by atoms with Crippen molar-refractivity contribution in [2.45, 2.75) is 31.9 Å². The van der Waals surface area contributed by atoms with Crippen LogP contribution in [-0.2, 0) is 11.2 Å². The number of aryl methyl sites for hydroxylation is 2. The summed E-state index contributed by atoms with van der Waals surface area (Å²) in [4.78, 5) is 19.0. The van der Waals surface area contributed by atoms with E-state index in [2.05, 4.69) is 28.5 Å². The number of carbonyl (C=O) groups excluding carboxylic acids is 1. The highest BCUT2D eigenvalue weighted by Gasteiger charge is 2.30. The molecule has 1 aliphatic heterocycles. The minimum absolute atomic E-state index is 0.00159. The predicted octanol–water partition coefficient (Wildman–Crippen LogP) is 3.22. The minimum Gasteiger partial charge on any atom is -0.367 e. The fourth-order valence-corrected chi connectivity index (χ4v) is 4.29. The number of carbonyl (C=O) groups is 1. The van der Waals surface area contributed by atoms with Crippen molar-refractivity contribution < 1.29 is 9.53 Å². The number of urea groups is 1. The average Bonchev–Trinajstić information content (AvgIpc) is 3.22. The third-order valence-corrected chi connectivity index (χ3v) is 5.75. The zero-order valence-electron chi connectivity index (χ0n) is 13.7. The van der Waals surface area contributed by atoms with Crippen LogP contribution in [0, 0.1) is 6.92 Å². The first kappa shape index (κ1) is 15.6. The Hall–Kier alpha value is -1.92. The summed E-state index contributed by atoms with van der Waals surface area (Å²) in [6.45, 7) is 3.72. The van der Waals surface area contributed by atoms with Gasteiger partial charge in [-0.1, -0.05) is 24.3 Å². The molecule has 4 rings (SSSR count). The second kappa shape index (κ2) is 6.53. The average molecular weight is 343 g/mol. The van der Waals surface area contributed by atoms with Gasteiger partial charge in [-0.05, 0) is 30.9 Å². The first-order chi connectivity index (χ1) is 11.7. The number of morpholine rings is 1. The lowest BCUT2D eigenvalue weighted by Gasteiger charge is -2.33. The highest BCUT2D eigenvalue weighted by atomic mass is 32.1. The molecule has 1 N–H and O–H groups in total. The van der Waals surface area contributed by atoms with E-state index in [1.165, 1.54) is 11.1 Å². The van der Waals surface area contributed by atoms with E-state index < -0.39 is 0 Å². The number of amides is 2. The van der Waals surface area contributed by atoms with Gasteiger partial charge in [-0.2, -0.15) is 0 Å². The van der Waals surface area contributed by atoms with Crippen molar-refractivity contribution in [1.82, 2.24) is 15.2 Å². The molecule has 0 unspecified atom stereocenters. The van der Waals surface area contributed by atoms with Crippen LogP contribution < -0.4 is 5.32 Å². The molecular weight excluding hydrogens is 322 g/mol. The van der Waals surface area contributed by atoms with Crippen molar-refractivity contribution in [3.63, 3.8) is 0 Å². The van der Waals surface area contributed by atoms with Gasteiger partial charge in [0.25, 0.3) is 0 Å². The summed E-state index contributed by atoms with van der Waals surface area (Å²) in [6.07, 6.45) is 1.90. The van der Waals surface area contributed by atoms with Crippen molar-refractivity contribution in [2.24, 2.45) is 0 Å². The maximum absolute atomic E-state index is 12.7. The number of benzene rings is 1. The van der Waals surface area contributed by atoms with Crippen LogP contribution >= 0.6 is 11.3 Å². The van der Waals surface area contributed by atoms with Gasteiger partial charge in [0.05, 0.1) is 19.2 Å². The van der Waals surface area contributed by atoms with Crippen molar-refractivity contribution in [3.8, 4) is 0 Å². The van der Waals surface area contributed by atoms with Crippen molar-refractivity contribution in [2.75, 3.05) is 19.7 Å². The Morgan fingerprint density at radius 3 is 3.12 bits per heavy atom. The van der Waals surface area contributed by atoms with Gasteiger partial charge in [0.1, 0.15) is 11.1 Å². The molecule has 1 aromatic heterocycles. The Kier molecular flexibility index (Phi) is 4.24. The molecular formula is C18H21N3O2S. The molecule has 24 heavy (non-hydrogen) atoms. The number of nitrogens with zero attached hydrogens (tertiary/aromatic N) is 2. The predicted molar refractivity (Wildman–Crippen MR) is 93.2 cm³/mol. The van der Waals surface area contributed by atoms with E-state index in [1.54, 1.807) is 11.3 Å². The fourth-order valence-electron chi connectivity index (χ4n) is 3.45. The number of nitrogens with one attached hydrogen (secondary N) is 1. The molecule has 5 nitrogen and oxygen atoms in total. The molecule has 6 heteroatoms. The lowest BCUT2D eigenvalue weighted by atomic mass is 10.1. The Morgan fingerprint density at radius 2 is 2.29 bits per heavy atom. The molecule has 0 saturated carbocycles. The Balaban J connectivity index is 1.41. The Labute approximate surface area is 145 Å². The van der Waals surface area contributed by atoms with E-state index in [1.807, 2.05) is 23.3 Å². The largest absolute Gasteiger partial charge is 0.367 e. The van der Waals surface area contributed by atoms with Crippen LogP contribution in [0.1, 0.15) is 40.4 Å². The maximum atomic E-state index is 12.7. The number of fused-ring (bicyclic) bond motifs is 1. The second-order valence-corrected chi connectivity index (χ2v) is 7.26. The molecule has 2 atom stereocenters. The smallest absolute Gasteiger partial charge is 0.318 e. The van der Waals surface area contributed by atoms with Gasteiger partial charge in [0.2, 0.25) is 0 Å². The molecule has 1 saturated heterocycles. The summed E-state index contributed by atoms with van der Waals surface area (Å²) in [5, 5.41) is 6.17. The number of aromatic nitrogens is 1. The standard InChI is InChI=1S/C18H21N3O2S/c1-12-11-24-17(19-12)16-10-21(8-9-23-16)18(22)20-15-7-6-13-4-2-3-5-14(13)15/h2-5,11,15-16H,6-10H2,1H3,(H,20,22)/t15-,16+/m0/s1.